The second-order valence-corrected chi connectivity index (χ2v) is 3.93. The molecule has 19 heavy (non-hydrogen) atoms. The fourth-order valence-electron chi connectivity index (χ4n) is 1.37. The Morgan fingerprint density at radius 1 is 1.16 bits per heavy atom. The Kier molecular flexibility index (Phi) is 8.63. The van der Waals surface area contributed by atoms with Crippen LogP contribution in [-0.4, -0.2) is 46.0 Å². The zero-order valence-electron chi connectivity index (χ0n) is 11.3. The van der Waals surface area contributed by atoms with E-state index in [4.69, 9.17) is 14.2 Å². The quantitative estimate of drug-likeness (QED) is 0.506. The number of rotatable bonds is 10. The summed E-state index contributed by atoms with van der Waals surface area (Å²) in [5, 5.41) is 2.96. The summed E-state index contributed by atoms with van der Waals surface area (Å²) in [4.78, 5) is 11.4. The van der Waals surface area contributed by atoms with Crippen molar-refractivity contribution in [3.8, 4) is 0 Å². The van der Waals surface area contributed by atoms with Gasteiger partial charge in [0.1, 0.15) is 6.61 Å². The zero-order chi connectivity index (χ0) is 13.8. The number of ether oxygens (including phenoxy) is 3. The van der Waals surface area contributed by atoms with E-state index >= 15 is 0 Å². The van der Waals surface area contributed by atoms with Gasteiger partial charge in [0, 0.05) is 13.7 Å². The van der Waals surface area contributed by atoms with E-state index in [2.05, 4.69) is 5.32 Å². The van der Waals surface area contributed by atoms with Crippen LogP contribution in [0.4, 0.5) is 0 Å². The van der Waals surface area contributed by atoms with Gasteiger partial charge >= 0.3 is 5.97 Å². The van der Waals surface area contributed by atoms with Gasteiger partial charge in [0.15, 0.2) is 0 Å². The van der Waals surface area contributed by atoms with E-state index in [9.17, 15) is 4.79 Å². The summed E-state index contributed by atoms with van der Waals surface area (Å²) >= 11 is 0. The number of hydrogen-bond acceptors (Lipinski definition) is 5. The molecular formula is C14H21NO4. The maximum absolute atomic E-state index is 11.4. The smallest absolute Gasteiger partial charge is 0.320 e. The maximum Gasteiger partial charge on any atom is 0.320 e. The van der Waals surface area contributed by atoms with Crippen molar-refractivity contribution in [2.45, 2.75) is 6.61 Å². The highest BCUT2D eigenvalue weighted by Gasteiger charge is 2.02. The number of carbonyl (C=O) groups excluding carboxylic acids is 1. The van der Waals surface area contributed by atoms with Crippen LogP contribution < -0.4 is 5.32 Å². The van der Waals surface area contributed by atoms with Crippen LogP contribution in [0.25, 0.3) is 0 Å². The van der Waals surface area contributed by atoms with E-state index in [1.165, 1.54) is 0 Å². The second-order valence-electron chi connectivity index (χ2n) is 3.93. The Bertz CT molecular complexity index is 343. The third-order valence-electron chi connectivity index (χ3n) is 2.37. The first-order valence-electron chi connectivity index (χ1n) is 6.30. The molecule has 0 unspecified atom stereocenters. The third kappa shape index (κ3) is 8.31. The molecule has 0 aliphatic rings. The van der Waals surface area contributed by atoms with Crippen molar-refractivity contribution in [1.82, 2.24) is 5.32 Å². The van der Waals surface area contributed by atoms with Gasteiger partial charge in [-0.3, -0.25) is 4.79 Å². The van der Waals surface area contributed by atoms with Crippen LogP contribution in [0.3, 0.4) is 0 Å². The van der Waals surface area contributed by atoms with E-state index in [0.717, 1.165) is 5.56 Å². The molecule has 1 rings (SSSR count). The fraction of sp³-hybridized carbons (Fsp3) is 0.500. The molecule has 0 saturated carbocycles. The van der Waals surface area contributed by atoms with Crippen molar-refractivity contribution in [2.75, 3.05) is 40.0 Å². The van der Waals surface area contributed by atoms with Crippen molar-refractivity contribution in [3.63, 3.8) is 0 Å². The van der Waals surface area contributed by atoms with E-state index in [1.54, 1.807) is 7.11 Å². The molecule has 1 aromatic carbocycles. The van der Waals surface area contributed by atoms with Gasteiger partial charge in [-0.05, 0) is 5.56 Å². The van der Waals surface area contributed by atoms with E-state index in [1.807, 2.05) is 30.3 Å². The maximum atomic E-state index is 11.4. The van der Waals surface area contributed by atoms with Gasteiger partial charge in [-0.25, -0.2) is 0 Å². The highest BCUT2D eigenvalue weighted by molar-refractivity contribution is 5.71. The summed E-state index contributed by atoms with van der Waals surface area (Å²) in [5.41, 5.74) is 0.985. The van der Waals surface area contributed by atoms with Gasteiger partial charge in [-0.1, -0.05) is 30.3 Å². The van der Waals surface area contributed by atoms with Crippen LogP contribution >= 0.6 is 0 Å². The third-order valence-corrected chi connectivity index (χ3v) is 2.37. The molecule has 1 aromatic rings. The summed E-state index contributed by atoms with van der Waals surface area (Å²) in [6.45, 7) is 2.82. The minimum absolute atomic E-state index is 0.195. The Hall–Kier alpha value is -1.43. The largest absolute Gasteiger partial charge is 0.460 e. The van der Waals surface area contributed by atoms with Crippen molar-refractivity contribution in [1.29, 1.82) is 0 Å². The number of benzene rings is 1. The van der Waals surface area contributed by atoms with Crippen LogP contribution in [0.5, 0.6) is 0 Å². The number of carbonyl (C=O) groups is 1. The Balaban J connectivity index is 1.96. The summed E-state index contributed by atoms with van der Waals surface area (Å²) in [5.74, 6) is -0.263. The predicted molar refractivity (Wildman–Crippen MR) is 71.8 cm³/mol. The highest BCUT2D eigenvalue weighted by atomic mass is 16.5. The van der Waals surface area contributed by atoms with E-state index in [-0.39, 0.29) is 12.5 Å². The topological polar surface area (TPSA) is 56.8 Å². The summed E-state index contributed by atoms with van der Waals surface area (Å²) in [7, 11) is 1.63. The summed E-state index contributed by atoms with van der Waals surface area (Å²) in [6, 6.07) is 9.60. The van der Waals surface area contributed by atoms with Crippen molar-refractivity contribution in [3.05, 3.63) is 35.9 Å². The Morgan fingerprint density at radius 2 is 1.95 bits per heavy atom. The Labute approximate surface area is 113 Å². The van der Waals surface area contributed by atoms with Crippen LogP contribution in [-0.2, 0) is 25.6 Å². The lowest BCUT2D eigenvalue weighted by Gasteiger charge is -2.07. The first-order valence-corrected chi connectivity index (χ1v) is 6.30. The molecule has 1 N–H and O–H groups in total. The molecule has 0 radical (unpaired) electrons. The molecule has 0 atom stereocenters. The number of hydrogen-bond donors (Lipinski definition) is 1. The average Bonchev–Trinajstić information content (AvgIpc) is 2.45. The molecule has 0 aliphatic carbocycles. The van der Waals surface area contributed by atoms with Crippen LogP contribution in [0.1, 0.15) is 5.56 Å². The number of esters is 1. The first-order chi connectivity index (χ1) is 9.33. The molecule has 0 bridgehead atoms. The van der Waals surface area contributed by atoms with Gasteiger partial charge < -0.3 is 19.5 Å². The summed E-state index contributed by atoms with van der Waals surface area (Å²) < 4.78 is 15.2. The van der Waals surface area contributed by atoms with Crippen LogP contribution in [0, 0.1) is 0 Å². The van der Waals surface area contributed by atoms with Gasteiger partial charge in [0.05, 0.1) is 26.4 Å². The normalized spacial score (nSPS) is 10.4. The SMILES string of the molecule is COCCOCCNCC(=O)OCc1ccccc1. The fourth-order valence-corrected chi connectivity index (χ4v) is 1.37. The minimum Gasteiger partial charge on any atom is -0.460 e. The minimum atomic E-state index is -0.263. The summed E-state index contributed by atoms with van der Waals surface area (Å²) in [6.07, 6.45) is 0. The van der Waals surface area contributed by atoms with Crippen molar-refractivity contribution >= 4 is 5.97 Å². The second kappa shape index (κ2) is 10.5. The molecule has 5 heteroatoms. The van der Waals surface area contributed by atoms with Gasteiger partial charge in [-0.2, -0.15) is 0 Å². The van der Waals surface area contributed by atoms with Crippen molar-refractivity contribution in [2.24, 2.45) is 0 Å². The molecule has 5 nitrogen and oxygen atoms in total. The van der Waals surface area contributed by atoms with Crippen LogP contribution in [0.2, 0.25) is 0 Å². The van der Waals surface area contributed by atoms with E-state index in [0.29, 0.717) is 33.0 Å². The van der Waals surface area contributed by atoms with Gasteiger partial charge in [-0.15, -0.1) is 0 Å². The highest BCUT2D eigenvalue weighted by Crippen LogP contribution is 2.00. The Morgan fingerprint density at radius 3 is 2.68 bits per heavy atom. The lowest BCUT2D eigenvalue weighted by atomic mass is 10.2. The predicted octanol–water partition coefficient (Wildman–Crippen LogP) is 0.982. The monoisotopic (exact) mass is 267 g/mol. The zero-order valence-corrected chi connectivity index (χ0v) is 11.3. The molecule has 0 aromatic heterocycles. The van der Waals surface area contributed by atoms with Crippen LogP contribution in [0.15, 0.2) is 30.3 Å². The number of methoxy groups -OCH3 is 1. The average molecular weight is 267 g/mol. The molecule has 0 spiro atoms. The molecular weight excluding hydrogens is 246 g/mol. The van der Waals surface area contributed by atoms with Gasteiger partial charge in [0.25, 0.3) is 0 Å². The first kappa shape index (κ1) is 15.6. The molecule has 0 aliphatic heterocycles. The lowest BCUT2D eigenvalue weighted by Crippen LogP contribution is -2.28. The lowest BCUT2D eigenvalue weighted by molar-refractivity contribution is -0.143. The van der Waals surface area contributed by atoms with Gasteiger partial charge in [0.2, 0.25) is 0 Å². The van der Waals surface area contributed by atoms with Crippen molar-refractivity contribution < 1.29 is 19.0 Å². The molecule has 0 saturated heterocycles. The standard InChI is InChI=1S/C14H21NO4/c1-17-9-10-18-8-7-15-11-14(16)19-12-13-5-3-2-4-6-13/h2-6,15H,7-12H2,1H3. The molecule has 106 valence electrons. The molecule has 0 fully saturated rings. The molecule has 0 amide bonds. The number of nitrogens with one attached hydrogen (secondary N) is 1. The van der Waals surface area contributed by atoms with E-state index < -0.39 is 0 Å². The molecule has 0 heterocycles.